The minimum absolute atomic E-state index is 0.0956. The van der Waals surface area contributed by atoms with Gasteiger partial charge >= 0.3 is 6.03 Å². The molecule has 1 fully saturated rings. The number of hydrogen-bond donors (Lipinski definition) is 0. The van der Waals surface area contributed by atoms with Gasteiger partial charge in [-0.1, -0.05) is 24.3 Å². The Kier molecular flexibility index (Phi) is 4.09. The molecule has 0 saturated carbocycles. The maximum Gasteiger partial charge on any atom is 0.330 e. The number of nitriles is 1. The van der Waals surface area contributed by atoms with Gasteiger partial charge in [0.05, 0.1) is 37.3 Å². The first kappa shape index (κ1) is 16.8. The first-order chi connectivity index (χ1) is 13.1. The molecule has 7 heteroatoms. The van der Waals surface area contributed by atoms with Gasteiger partial charge < -0.3 is 4.74 Å². The van der Waals surface area contributed by atoms with Crippen LogP contribution in [0.3, 0.4) is 0 Å². The van der Waals surface area contributed by atoms with Crippen molar-refractivity contribution < 1.29 is 13.9 Å². The summed E-state index contributed by atoms with van der Waals surface area (Å²) >= 11 is 0. The number of carbonyl (C=O) groups excluding carboxylic acids is 1. The number of ether oxygens (including phenoxy) is 1. The van der Waals surface area contributed by atoms with Crippen LogP contribution in [0, 0.1) is 17.1 Å². The van der Waals surface area contributed by atoms with Crippen LogP contribution in [0.25, 0.3) is 10.8 Å². The van der Waals surface area contributed by atoms with Gasteiger partial charge in [0.15, 0.2) is 0 Å². The number of nitrogens with zero attached hydrogens (tertiary/aromatic N) is 4. The smallest absolute Gasteiger partial charge is 0.330 e. The second kappa shape index (κ2) is 6.57. The Morgan fingerprint density at radius 1 is 1.22 bits per heavy atom. The van der Waals surface area contributed by atoms with Crippen molar-refractivity contribution in [3.63, 3.8) is 0 Å². The number of rotatable bonds is 3. The number of benzene rings is 2. The first-order valence-electron chi connectivity index (χ1n) is 8.30. The summed E-state index contributed by atoms with van der Waals surface area (Å²) in [4.78, 5) is 20.2. The van der Waals surface area contributed by atoms with Crippen LogP contribution in [0.5, 0.6) is 5.75 Å². The highest BCUT2D eigenvalue weighted by atomic mass is 19.1. The summed E-state index contributed by atoms with van der Waals surface area (Å²) in [5.74, 6) is -0.128. The summed E-state index contributed by atoms with van der Waals surface area (Å²) in [6.45, 7) is 0.0956. The van der Waals surface area contributed by atoms with Crippen LogP contribution >= 0.6 is 0 Å². The monoisotopic (exact) mass is 362 g/mol. The molecule has 1 aliphatic rings. The molecule has 0 unspecified atom stereocenters. The quantitative estimate of drug-likeness (QED) is 0.712. The van der Waals surface area contributed by atoms with Crippen LogP contribution in [0.1, 0.15) is 0 Å². The number of halogens is 1. The van der Waals surface area contributed by atoms with Gasteiger partial charge in [-0.15, -0.1) is 0 Å². The van der Waals surface area contributed by atoms with E-state index in [1.807, 2.05) is 24.3 Å². The second-order valence-corrected chi connectivity index (χ2v) is 6.10. The highest BCUT2D eigenvalue weighted by molar-refractivity contribution is 6.12. The van der Waals surface area contributed by atoms with E-state index in [9.17, 15) is 14.4 Å². The molecule has 3 aromatic rings. The Morgan fingerprint density at radius 3 is 2.81 bits per heavy atom. The van der Waals surface area contributed by atoms with E-state index in [-0.39, 0.29) is 6.54 Å². The Bertz CT molecular complexity index is 1070. The zero-order valence-electron chi connectivity index (χ0n) is 14.5. The van der Waals surface area contributed by atoms with Gasteiger partial charge in [-0.05, 0) is 12.1 Å². The number of aromatic nitrogens is 1. The fourth-order valence-corrected chi connectivity index (χ4v) is 3.33. The molecule has 2 aromatic carbocycles. The highest BCUT2D eigenvalue weighted by Crippen LogP contribution is 2.36. The summed E-state index contributed by atoms with van der Waals surface area (Å²) in [6.07, 6.45) is 3.27. The lowest BCUT2D eigenvalue weighted by Crippen LogP contribution is -2.34. The molecule has 4 rings (SSSR count). The Balaban J connectivity index is 1.83. The van der Waals surface area contributed by atoms with Gasteiger partial charge in [-0.2, -0.15) is 5.26 Å². The van der Waals surface area contributed by atoms with E-state index >= 15 is 0 Å². The number of amides is 2. The number of pyridine rings is 1. The number of methoxy groups -OCH3 is 1. The molecule has 2 amide bonds. The zero-order chi connectivity index (χ0) is 19.0. The number of fused-ring (bicyclic) bond motifs is 1. The van der Waals surface area contributed by atoms with Crippen LogP contribution in [-0.2, 0) is 0 Å². The van der Waals surface area contributed by atoms with Gasteiger partial charge in [0.25, 0.3) is 0 Å². The van der Waals surface area contributed by atoms with Crippen molar-refractivity contribution in [2.75, 3.05) is 23.5 Å². The predicted molar refractivity (Wildman–Crippen MR) is 99.3 cm³/mol. The Hall–Kier alpha value is -3.66. The van der Waals surface area contributed by atoms with E-state index in [1.165, 1.54) is 35.1 Å². The molecule has 1 aromatic heterocycles. The molecule has 0 aliphatic carbocycles. The largest absolute Gasteiger partial charge is 0.495 e. The minimum Gasteiger partial charge on any atom is -0.495 e. The van der Waals surface area contributed by atoms with Crippen molar-refractivity contribution >= 4 is 28.2 Å². The number of anilines is 2. The normalized spacial score (nSPS) is 16.6. The predicted octanol–water partition coefficient (Wildman–Crippen LogP) is 3.72. The SMILES string of the molecule is COc1ccc(F)cc1N1C[C@H](C#N)N(c2cncc3ccccc23)C1=O. The molecule has 134 valence electrons. The summed E-state index contributed by atoms with van der Waals surface area (Å²) in [5, 5.41) is 11.3. The summed E-state index contributed by atoms with van der Waals surface area (Å²) in [5.41, 5.74) is 0.834. The molecule has 0 bridgehead atoms. The average Bonchev–Trinajstić information content (AvgIpc) is 3.03. The minimum atomic E-state index is -0.738. The average molecular weight is 362 g/mol. The molecule has 2 heterocycles. The van der Waals surface area contributed by atoms with Crippen molar-refractivity contribution in [1.29, 1.82) is 5.26 Å². The van der Waals surface area contributed by atoms with E-state index < -0.39 is 17.9 Å². The van der Waals surface area contributed by atoms with Crippen LogP contribution in [0.15, 0.2) is 54.9 Å². The van der Waals surface area contributed by atoms with E-state index in [0.29, 0.717) is 17.1 Å². The molecule has 0 N–H and O–H groups in total. The standard InChI is InChI=1S/C20H15FN4O2/c1-27-19-7-6-14(21)8-17(19)24-12-15(9-22)25(20(24)26)18-11-23-10-13-4-2-3-5-16(13)18/h2-8,10-11,15H,12H2,1H3/t15-/m0/s1. The second-order valence-electron chi connectivity index (χ2n) is 6.10. The third-order valence-electron chi connectivity index (χ3n) is 4.59. The molecular formula is C20H15FN4O2. The van der Waals surface area contributed by atoms with Crippen molar-refractivity contribution in [2.24, 2.45) is 0 Å². The van der Waals surface area contributed by atoms with E-state index in [2.05, 4.69) is 11.1 Å². The lowest BCUT2D eigenvalue weighted by Gasteiger charge is -2.21. The van der Waals surface area contributed by atoms with Gasteiger partial charge in [-0.3, -0.25) is 14.8 Å². The molecule has 1 aliphatic heterocycles. The maximum atomic E-state index is 13.8. The number of carbonyl (C=O) groups is 1. The van der Waals surface area contributed by atoms with E-state index in [1.54, 1.807) is 12.4 Å². The third kappa shape index (κ3) is 2.72. The maximum absolute atomic E-state index is 13.8. The van der Waals surface area contributed by atoms with Crippen molar-refractivity contribution in [3.8, 4) is 11.8 Å². The fourth-order valence-electron chi connectivity index (χ4n) is 3.33. The Morgan fingerprint density at radius 2 is 2.04 bits per heavy atom. The lowest BCUT2D eigenvalue weighted by molar-refractivity contribution is 0.255. The number of hydrogen-bond acceptors (Lipinski definition) is 4. The summed E-state index contributed by atoms with van der Waals surface area (Å²) in [6, 6.07) is 12.5. The van der Waals surface area contributed by atoms with Crippen LogP contribution in [0.4, 0.5) is 20.6 Å². The topological polar surface area (TPSA) is 69.5 Å². The van der Waals surface area contributed by atoms with Crippen molar-refractivity contribution in [2.45, 2.75) is 6.04 Å². The molecule has 27 heavy (non-hydrogen) atoms. The van der Waals surface area contributed by atoms with Gasteiger partial charge in [-0.25, -0.2) is 9.18 Å². The van der Waals surface area contributed by atoms with Crippen molar-refractivity contribution in [3.05, 3.63) is 60.7 Å². The van der Waals surface area contributed by atoms with Crippen LogP contribution < -0.4 is 14.5 Å². The van der Waals surface area contributed by atoms with E-state index in [0.717, 1.165) is 10.8 Å². The molecule has 6 nitrogen and oxygen atoms in total. The van der Waals surface area contributed by atoms with Crippen molar-refractivity contribution in [1.82, 2.24) is 4.98 Å². The van der Waals surface area contributed by atoms with E-state index in [4.69, 9.17) is 4.74 Å². The first-order valence-corrected chi connectivity index (χ1v) is 8.30. The summed E-state index contributed by atoms with van der Waals surface area (Å²) < 4.78 is 19.1. The molecule has 0 radical (unpaired) electrons. The van der Waals surface area contributed by atoms with Gasteiger partial charge in [0, 0.05) is 23.0 Å². The fraction of sp³-hybridized carbons (Fsp3) is 0.150. The lowest BCUT2D eigenvalue weighted by atomic mass is 10.1. The van der Waals surface area contributed by atoms with Crippen LogP contribution in [-0.4, -0.2) is 30.7 Å². The van der Waals surface area contributed by atoms with Gasteiger partial charge in [0.1, 0.15) is 17.6 Å². The zero-order valence-corrected chi connectivity index (χ0v) is 14.5. The molecule has 1 atom stereocenters. The summed E-state index contributed by atoms with van der Waals surface area (Å²) in [7, 11) is 1.45. The van der Waals surface area contributed by atoms with Crippen LogP contribution in [0.2, 0.25) is 0 Å². The molecule has 0 spiro atoms. The Labute approximate surface area is 155 Å². The molecule has 1 saturated heterocycles. The highest BCUT2D eigenvalue weighted by Gasteiger charge is 2.41. The van der Waals surface area contributed by atoms with Gasteiger partial charge in [0.2, 0.25) is 0 Å². The number of urea groups is 1. The third-order valence-corrected chi connectivity index (χ3v) is 4.59. The molecular weight excluding hydrogens is 347 g/mol.